The second-order valence-corrected chi connectivity index (χ2v) is 5.93. The highest BCUT2D eigenvalue weighted by Crippen LogP contribution is 2.23. The normalized spacial score (nSPS) is 10.8. The quantitative estimate of drug-likeness (QED) is 0.570. The molecule has 3 nitrogen and oxygen atoms in total. The molecular weight excluding hydrogens is 298 g/mol. The van der Waals surface area contributed by atoms with Gasteiger partial charge in [-0.1, -0.05) is 43.7 Å². The molecule has 0 N–H and O–H groups in total. The first kappa shape index (κ1) is 16.3. The van der Waals surface area contributed by atoms with Crippen LogP contribution in [-0.4, -0.2) is 4.98 Å². The first-order valence-corrected chi connectivity index (χ1v) is 8.49. The van der Waals surface area contributed by atoms with E-state index in [4.69, 9.17) is 9.15 Å². The standard InChI is InChI=1S/C21H23NO2/c1-3-4-9-17-10-8-13-19(14-17)23-15-20-16(2)24-21(22-20)18-11-6-5-7-12-18/h5-8,10-14H,3-4,9,15H2,1-2H3. The summed E-state index contributed by atoms with van der Waals surface area (Å²) in [6.07, 6.45) is 3.49. The van der Waals surface area contributed by atoms with Gasteiger partial charge in [0.2, 0.25) is 5.89 Å². The molecule has 0 fully saturated rings. The Labute approximate surface area is 143 Å². The van der Waals surface area contributed by atoms with Crippen molar-refractivity contribution in [2.45, 2.75) is 39.7 Å². The van der Waals surface area contributed by atoms with E-state index in [1.807, 2.05) is 49.4 Å². The van der Waals surface area contributed by atoms with Crippen molar-refractivity contribution in [2.24, 2.45) is 0 Å². The van der Waals surface area contributed by atoms with Gasteiger partial charge >= 0.3 is 0 Å². The number of benzene rings is 2. The van der Waals surface area contributed by atoms with E-state index in [1.54, 1.807) is 0 Å². The summed E-state index contributed by atoms with van der Waals surface area (Å²) in [6, 6.07) is 18.2. The summed E-state index contributed by atoms with van der Waals surface area (Å²) in [5, 5.41) is 0. The summed E-state index contributed by atoms with van der Waals surface area (Å²) in [5.74, 6) is 2.33. The maximum absolute atomic E-state index is 5.92. The molecule has 2 aromatic carbocycles. The van der Waals surface area contributed by atoms with E-state index in [9.17, 15) is 0 Å². The Morgan fingerprint density at radius 1 is 1.04 bits per heavy atom. The molecule has 3 aromatic rings. The molecule has 1 aromatic heterocycles. The Bertz CT molecular complexity index is 778. The fourth-order valence-electron chi connectivity index (χ4n) is 2.59. The molecule has 1 heterocycles. The summed E-state index contributed by atoms with van der Waals surface area (Å²) >= 11 is 0. The smallest absolute Gasteiger partial charge is 0.226 e. The number of ether oxygens (including phenoxy) is 1. The van der Waals surface area contributed by atoms with Crippen molar-refractivity contribution in [1.82, 2.24) is 4.98 Å². The molecule has 0 saturated heterocycles. The number of oxazole rings is 1. The third kappa shape index (κ3) is 4.05. The number of hydrogen-bond acceptors (Lipinski definition) is 3. The van der Waals surface area contributed by atoms with E-state index in [0.717, 1.165) is 29.2 Å². The highest BCUT2D eigenvalue weighted by Gasteiger charge is 2.11. The summed E-state index contributed by atoms with van der Waals surface area (Å²) < 4.78 is 11.7. The minimum atomic E-state index is 0.416. The second kappa shape index (κ2) is 7.82. The van der Waals surface area contributed by atoms with Gasteiger partial charge in [-0.05, 0) is 49.6 Å². The number of hydrogen-bond donors (Lipinski definition) is 0. The molecular formula is C21H23NO2. The van der Waals surface area contributed by atoms with Crippen molar-refractivity contribution in [3.63, 3.8) is 0 Å². The Hall–Kier alpha value is -2.55. The van der Waals surface area contributed by atoms with Gasteiger partial charge in [0.25, 0.3) is 0 Å². The van der Waals surface area contributed by atoms with Crippen LogP contribution in [0.5, 0.6) is 5.75 Å². The van der Waals surface area contributed by atoms with Crippen LogP contribution in [0.15, 0.2) is 59.0 Å². The van der Waals surface area contributed by atoms with Gasteiger partial charge in [-0.3, -0.25) is 0 Å². The van der Waals surface area contributed by atoms with Crippen molar-refractivity contribution < 1.29 is 9.15 Å². The number of unbranched alkanes of at least 4 members (excludes halogenated alkanes) is 1. The maximum Gasteiger partial charge on any atom is 0.226 e. The van der Waals surface area contributed by atoms with E-state index in [2.05, 4.69) is 24.0 Å². The molecule has 0 radical (unpaired) electrons. The van der Waals surface area contributed by atoms with Crippen molar-refractivity contribution in [3.05, 3.63) is 71.6 Å². The van der Waals surface area contributed by atoms with Crippen LogP contribution in [0.4, 0.5) is 0 Å². The average molecular weight is 321 g/mol. The molecule has 0 atom stereocenters. The SMILES string of the molecule is CCCCc1cccc(OCc2nc(-c3ccccc3)oc2C)c1. The van der Waals surface area contributed by atoms with Crippen LogP contribution in [-0.2, 0) is 13.0 Å². The Morgan fingerprint density at radius 3 is 2.67 bits per heavy atom. The molecule has 0 aliphatic carbocycles. The van der Waals surface area contributed by atoms with Gasteiger partial charge < -0.3 is 9.15 Å². The lowest BCUT2D eigenvalue weighted by Gasteiger charge is -2.07. The van der Waals surface area contributed by atoms with Crippen molar-refractivity contribution in [3.8, 4) is 17.2 Å². The summed E-state index contributed by atoms with van der Waals surface area (Å²) in [5.41, 5.74) is 3.14. The summed E-state index contributed by atoms with van der Waals surface area (Å²) in [6.45, 7) is 4.55. The van der Waals surface area contributed by atoms with Crippen molar-refractivity contribution in [1.29, 1.82) is 0 Å². The fourth-order valence-corrected chi connectivity index (χ4v) is 2.59. The zero-order valence-corrected chi connectivity index (χ0v) is 14.3. The molecule has 0 aliphatic rings. The Morgan fingerprint density at radius 2 is 1.88 bits per heavy atom. The zero-order valence-electron chi connectivity index (χ0n) is 14.3. The van der Waals surface area contributed by atoms with Gasteiger partial charge in [0, 0.05) is 5.56 Å². The minimum Gasteiger partial charge on any atom is -0.487 e. The number of aryl methyl sites for hydroxylation is 2. The monoisotopic (exact) mass is 321 g/mol. The Kier molecular flexibility index (Phi) is 5.32. The third-order valence-corrected chi connectivity index (χ3v) is 4.01. The summed E-state index contributed by atoms with van der Waals surface area (Å²) in [4.78, 5) is 4.58. The third-order valence-electron chi connectivity index (χ3n) is 4.01. The lowest BCUT2D eigenvalue weighted by Crippen LogP contribution is -1.98. The molecule has 0 amide bonds. The van der Waals surface area contributed by atoms with Crippen LogP contribution >= 0.6 is 0 Å². The van der Waals surface area contributed by atoms with Gasteiger partial charge in [0.05, 0.1) is 0 Å². The van der Waals surface area contributed by atoms with Gasteiger partial charge in [0.1, 0.15) is 23.8 Å². The van der Waals surface area contributed by atoms with E-state index in [0.29, 0.717) is 12.5 Å². The first-order chi connectivity index (χ1) is 11.8. The van der Waals surface area contributed by atoms with Gasteiger partial charge in [-0.25, -0.2) is 4.98 Å². The molecule has 0 bridgehead atoms. The van der Waals surface area contributed by atoms with Crippen molar-refractivity contribution in [2.75, 3.05) is 0 Å². The van der Waals surface area contributed by atoms with E-state index in [-0.39, 0.29) is 0 Å². The maximum atomic E-state index is 5.92. The van der Waals surface area contributed by atoms with Crippen LogP contribution in [0.3, 0.4) is 0 Å². The van der Waals surface area contributed by atoms with Gasteiger partial charge in [0.15, 0.2) is 0 Å². The lowest BCUT2D eigenvalue weighted by molar-refractivity contribution is 0.299. The van der Waals surface area contributed by atoms with Crippen LogP contribution in [0.25, 0.3) is 11.5 Å². The molecule has 3 rings (SSSR count). The summed E-state index contributed by atoms with van der Waals surface area (Å²) in [7, 11) is 0. The molecule has 0 unspecified atom stereocenters. The van der Waals surface area contributed by atoms with Crippen LogP contribution in [0.2, 0.25) is 0 Å². The molecule has 0 spiro atoms. The van der Waals surface area contributed by atoms with Gasteiger partial charge in [-0.2, -0.15) is 0 Å². The number of rotatable bonds is 7. The second-order valence-electron chi connectivity index (χ2n) is 5.93. The Balaban J connectivity index is 1.68. The highest BCUT2D eigenvalue weighted by atomic mass is 16.5. The number of aromatic nitrogens is 1. The highest BCUT2D eigenvalue weighted by molar-refractivity contribution is 5.53. The predicted octanol–water partition coefficient (Wildman–Crippen LogP) is 5.57. The molecule has 124 valence electrons. The predicted molar refractivity (Wildman–Crippen MR) is 96.1 cm³/mol. The van der Waals surface area contributed by atoms with Crippen LogP contribution in [0.1, 0.15) is 36.8 Å². The fraction of sp³-hybridized carbons (Fsp3) is 0.286. The molecule has 3 heteroatoms. The van der Waals surface area contributed by atoms with E-state index >= 15 is 0 Å². The lowest BCUT2D eigenvalue weighted by atomic mass is 10.1. The van der Waals surface area contributed by atoms with E-state index < -0.39 is 0 Å². The minimum absolute atomic E-state index is 0.416. The largest absolute Gasteiger partial charge is 0.487 e. The van der Waals surface area contributed by atoms with Crippen LogP contribution < -0.4 is 4.74 Å². The topological polar surface area (TPSA) is 35.3 Å². The first-order valence-electron chi connectivity index (χ1n) is 8.49. The molecule has 0 aliphatic heterocycles. The number of nitrogens with zero attached hydrogens (tertiary/aromatic N) is 1. The van der Waals surface area contributed by atoms with Crippen molar-refractivity contribution >= 4 is 0 Å². The molecule has 24 heavy (non-hydrogen) atoms. The van der Waals surface area contributed by atoms with Gasteiger partial charge in [-0.15, -0.1) is 0 Å². The zero-order chi connectivity index (χ0) is 16.8. The van der Waals surface area contributed by atoms with Crippen LogP contribution in [0, 0.1) is 6.92 Å². The molecule has 0 saturated carbocycles. The average Bonchev–Trinajstić information content (AvgIpc) is 3.00. The van der Waals surface area contributed by atoms with E-state index in [1.165, 1.54) is 18.4 Å².